The minimum absolute atomic E-state index is 0.204. The number of amides is 1. The van der Waals surface area contributed by atoms with Crippen molar-refractivity contribution in [2.75, 3.05) is 13.1 Å². The molecule has 1 aliphatic heterocycles. The molecule has 0 radical (unpaired) electrons. The predicted octanol–water partition coefficient (Wildman–Crippen LogP) is 4.10. The lowest BCUT2D eigenvalue weighted by atomic mass is 10.1. The molecule has 1 amide bonds. The molecular formula is C17H31N3O2. The largest absolute Gasteiger partial charge is 0.444 e. The predicted molar refractivity (Wildman–Crippen MR) is 89.1 cm³/mol. The number of nitrogens with zero attached hydrogens (tertiary/aromatic N) is 3. The summed E-state index contributed by atoms with van der Waals surface area (Å²) in [5.41, 5.74) is 2.02. The standard InChI is InChI=1S/C15H25N3O2.C2H6/c1-11-10-16-18(12(11)2)13-6-8-17(9-7-13)14(19)20-15(3,4)5;1-2/h10,13H,6-9H2,1-5H3;1-2H3. The molecule has 126 valence electrons. The Morgan fingerprint density at radius 2 is 1.77 bits per heavy atom. The van der Waals surface area contributed by atoms with Gasteiger partial charge in [-0.2, -0.15) is 5.10 Å². The third-order valence-corrected chi connectivity index (χ3v) is 3.75. The number of likely N-dealkylation sites (tertiary alicyclic amines) is 1. The van der Waals surface area contributed by atoms with E-state index < -0.39 is 5.60 Å². The van der Waals surface area contributed by atoms with Gasteiger partial charge in [0.05, 0.1) is 12.2 Å². The first-order valence-corrected chi connectivity index (χ1v) is 8.26. The first-order valence-electron chi connectivity index (χ1n) is 8.26. The van der Waals surface area contributed by atoms with Crippen molar-refractivity contribution in [1.29, 1.82) is 0 Å². The van der Waals surface area contributed by atoms with Crippen molar-refractivity contribution in [3.8, 4) is 0 Å². The molecule has 22 heavy (non-hydrogen) atoms. The number of hydrogen-bond donors (Lipinski definition) is 0. The number of carbonyl (C=O) groups is 1. The molecule has 2 rings (SSSR count). The van der Waals surface area contributed by atoms with E-state index in [1.165, 1.54) is 11.3 Å². The van der Waals surface area contributed by atoms with Gasteiger partial charge in [0.2, 0.25) is 0 Å². The van der Waals surface area contributed by atoms with Crippen LogP contribution >= 0.6 is 0 Å². The first-order chi connectivity index (χ1) is 10.3. The average molecular weight is 309 g/mol. The zero-order valence-electron chi connectivity index (χ0n) is 15.1. The zero-order chi connectivity index (χ0) is 16.9. The van der Waals surface area contributed by atoms with Crippen molar-refractivity contribution in [1.82, 2.24) is 14.7 Å². The van der Waals surface area contributed by atoms with Crippen molar-refractivity contribution >= 4 is 6.09 Å². The van der Waals surface area contributed by atoms with Crippen LogP contribution in [-0.2, 0) is 4.74 Å². The molecule has 0 aromatic carbocycles. The van der Waals surface area contributed by atoms with Crippen molar-refractivity contribution in [3.63, 3.8) is 0 Å². The Labute approximate surface area is 134 Å². The van der Waals surface area contributed by atoms with E-state index in [9.17, 15) is 4.79 Å². The lowest BCUT2D eigenvalue weighted by Crippen LogP contribution is -2.42. The van der Waals surface area contributed by atoms with E-state index in [1.807, 2.05) is 40.8 Å². The smallest absolute Gasteiger partial charge is 0.410 e. The van der Waals surface area contributed by atoms with Gasteiger partial charge >= 0.3 is 6.09 Å². The van der Waals surface area contributed by atoms with Gasteiger partial charge in [0.25, 0.3) is 0 Å². The number of aryl methyl sites for hydroxylation is 1. The summed E-state index contributed by atoms with van der Waals surface area (Å²) < 4.78 is 7.51. The molecule has 0 saturated carbocycles. The van der Waals surface area contributed by atoms with Crippen molar-refractivity contribution in [2.45, 2.75) is 73.0 Å². The highest BCUT2D eigenvalue weighted by atomic mass is 16.6. The Kier molecular flexibility index (Phi) is 6.45. The fourth-order valence-corrected chi connectivity index (χ4v) is 2.50. The van der Waals surface area contributed by atoms with Gasteiger partial charge < -0.3 is 9.64 Å². The van der Waals surface area contributed by atoms with Gasteiger partial charge in [0.1, 0.15) is 5.60 Å². The Hall–Kier alpha value is -1.52. The van der Waals surface area contributed by atoms with Crippen LogP contribution in [0.2, 0.25) is 0 Å². The van der Waals surface area contributed by atoms with Crippen LogP contribution in [0.5, 0.6) is 0 Å². The van der Waals surface area contributed by atoms with Gasteiger partial charge in [-0.3, -0.25) is 4.68 Å². The molecular weight excluding hydrogens is 278 g/mol. The third kappa shape index (κ3) is 4.75. The summed E-state index contributed by atoms with van der Waals surface area (Å²) in [6.45, 7) is 15.3. The van der Waals surface area contributed by atoms with Crippen molar-refractivity contribution in [3.05, 3.63) is 17.5 Å². The maximum atomic E-state index is 12.0. The second-order valence-electron chi connectivity index (χ2n) is 6.56. The Morgan fingerprint density at radius 1 is 1.23 bits per heavy atom. The summed E-state index contributed by atoms with van der Waals surface area (Å²) in [4.78, 5) is 13.8. The van der Waals surface area contributed by atoms with Crippen LogP contribution in [0.3, 0.4) is 0 Å². The van der Waals surface area contributed by atoms with Gasteiger partial charge in [0, 0.05) is 18.8 Å². The number of carbonyl (C=O) groups excluding carboxylic acids is 1. The molecule has 2 heterocycles. The molecule has 0 unspecified atom stereocenters. The van der Waals surface area contributed by atoms with Gasteiger partial charge in [0.15, 0.2) is 0 Å². The molecule has 1 fully saturated rings. The monoisotopic (exact) mass is 309 g/mol. The van der Waals surface area contributed by atoms with Crippen LogP contribution < -0.4 is 0 Å². The molecule has 5 nitrogen and oxygen atoms in total. The second-order valence-corrected chi connectivity index (χ2v) is 6.56. The summed E-state index contributed by atoms with van der Waals surface area (Å²) >= 11 is 0. The molecule has 1 saturated heterocycles. The highest BCUT2D eigenvalue weighted by molar-refractivity contribution is 5.68. The molecule has 0 N–H and O–H groups in total. The summed E-state index contributed by atoms with van der Waals surface area (Å²) in [5, 5.41) is 4.45. The van der Waals surface area contributed by atoms with Crippen LogP contribution in [0.15, 0.2) is 6.20 Å². The minimum atomic E-state index is -0.427. The molecule has 0 bridgehead atoms. The maximum Gasteiger partial charge on any atom is 0.410 e. The molecule has 0 aliphatic carbocycles. The van der Waals surface area contributed by atoms with Crippen LogP contribution in [0.4, 0.5) is 4.79 Å². The van der Waals surface area contributed by atoms with Crippen LogP contribution in [0.1, 0.15) is 64.8 Å². The van der Waals surface area contributed by atoms with Gasteiger partial charge in [-0.05, 0) is 53.0 Å². The quantitative estimate of drug-likeness (QED) is 0.784. The number of hydrogen-bond acceptors (Lipinski definition) is 3. The van der Waals surface area contributed by atoms with E-state index in [0.29, 0.717) is 6.04 Å². The van der Waals surface area contributed by atoms with Crippen LogP contribution in [0.25, 0.3) is 0 Å². The minimum Gasteiger partial charge on any atom is -0.444 e. The molecule has 5 heteroatoms. The molecule has 1 aromatic heterocycles. The van der Waals surface area contributed by atoms with E-state index in [-0.39, 0.29) is 6.09 Å². The lowest BCUT2D eigenvalue weighted by Gasteiger charge is -2.33. The first kappa shape index (κ1) is 18.5. The van der Waals surface area contributed by atoms with E-state index in [0.717, 1.165) is 25.9 Å². The van der Waals surface area contributed by atoms with E-state index in [1.54, 1.807) is 4.90 Å². The van der Waals surface area contributed by atoms with E-state index in [4.69, 9.17) is 4.74 Å². The van der Waals surface area contributed by atoms with E-state index in [2.05, 4.69) is 23.6 Å². The Balaban J connectivity index is 0.00000116. The SMILES string of the molecule is CC.Cc1cnn(C2CCN(C(=O)OC(C)(C)C)CC2)c1C. The molecule has 1 aliphatic rings. The number of ether oxygens (including phenoxy) is 1. The Morgan fingerprint density at radius 3 is 2.18 bits per heavy atom. The number of aromatic nitrogens is 2. The second kappa shape index (κ2) is 7.65. The summed E-state index contributed by atoms with van der Waals surface area (Å²) in [6.07, 6.45) is 3.57. The topological polar surface area (TPSA) is 47.4 Å². The molecule has 0 spiro atoms. The van der Waals surface area contributed by atoms with Gasteiger partial charge in [-0.1, -0.05) is 13.8 Å². The van der Waals surface area contributed by atoms with Crippen LogP contribution in [0, 0.1) is 13.8 Å². The third-order valence-electron chi connectivity index (χ3n) is 3.75. The zero-order valence-corrected chi connectivity index (χ0v) is 15.1. The summed E-state index contributed by atoms with van der Waals surface area (Å²) in [7, 11) is 0. The summed E-state index contributed by atoms with van der Waals surface area (Å²) in [6, 6.07) is 0.391. The van der Waals surface area contributed by atoms with Crippen molar-refractivity contribution in [2.24, 2.45) is 0 Å². The van der Waals surface area contributed by atoms with Gasteiger partial charge in [-0.15, -0.1) is 0 Å². The normalized spacial score (nSPS) is 16.0. The van der Waals surface area contributed by atoms with Crippen molar-refractivity contribution < 1.29 is 9.53 Å². The fraction of sp³-hybridized carbons (Fsp3) is 0.765. The van der Waals surface area contributed by atoms with E-state index >= 15 is 0 Å². The fourth-order valence-electron chi connectivity index (χ4n) is 2.50. The number of rotatable bonds is 1. The molecule has 1 aromatic rings. The highest BCUT2D eigenvalue weighted by Crippen LogP contribution is 2.25. The summed E-state index contributed by atoms with van der Waals surface area (Å²) in [5.74, 6) is 0. The van der Waals surface area contributed by atoms with Crippen LogP contribution in [-0.4, -0.2) is 39.5 Å². The highest BCUT2D eigenvalue weighted by Gasteiger charge is 2.28. The van der Waals surface area contributed by atoms with Gasteiger partial charge in [-0.25, -0.2) is 4.79 Å². The Bertz CT molecular complexity index is 481. The average Bonchev–Trinajstić information content (AvgIpc) is 2.80. The maximum absolute atomic E-state index is 12.0. The molecule has 0 atom stereocenters. The lowest BCUT2D eigenvalue weighted by molar-refractivity contribution is 0.0184. The number of piperidine rings is 1.